The molecule has 0 aromatic heterocycles. The fourth-order valence-corrected chi connectivity index (χ4v) is 2.60. The standard InChI is InChI=1S/C14H12F2OS/c1-9-6-11(15)2-4-13(9)18-14-5-3-12(16)7-10(14)8-17/h2-7,17H,8H2,1H3. The van der Waals surface area contributed by atoms with Crippen LogP contribution in [0.4, 0.5) is 8.78 Å². The average Bonchev–Trinajstić information content (AvgIpc) is 2.34. The second kappa shape index (κ2) is 5.50. The summed E-state index contributed by atoms with van der Waals surface area (Å²) >= 11 is 1.39. The summed E-state index contributed by atoms with van der Waals surface area (Å²) in [6.07, 6.45) is 0. The van der Waals surface area contributed by atoms with Crippen molar-refractivity contribution in [3.8, 4) is 0 Å². The van der Waals surface area contributed by atoms with Gasteiger partial charge in [0.25, 0.3) is 0 Å². The quantitative estimate of drug-likeness (QED) is 0.908. The van der Waals surface area contributed by atoms with Crippen LogP contribution in [0.25, 0.3) is 0 Å². The highest BCUT2D eigenvalue weighted by Crippen LogP contribution is 2.33. The molecule has 0 aliphatic carbocycles. The van der Waals surface area contributed by atoms with Crippen LogP contribution in [-0.2, 0) is 6.61 Å². The Morgan fingerprint density at radius 2 is 1.61 bits per heavy atom. The van der Waals surface area contributed by atoms with Crippen molar-refractivity contribution in [3.63, 3.8) is 0 Å². The number of aliphatic hydroxyl groups is 1. The van der Waals surface area contributed by atoms with Crippen LogP contribution >= 0.6 is 11.8 Å². The number of halogens is 2. The van der Waals surface area contributed by atoms with Gasteiger partial charge in [0, 0.05) is 9.79 Å². The molecule has 0 aliphatic heterocycles. The van der Waals surface area contributed by atoms with Crippen molar-refractivity contribution < 1.29 is 13.9 Å². The largest absolute Gasteiger partial charge is 0.392 e. The molecule has 0 aliphatic rings. The van der Waals surface area contributed by atoms with Crippen molar-refractivity contribution >= 4 is 11.8 Å². The van der Waals surface area contributed by atoms with Crippen LogP contribution in [0.3, 0.4) is 0 Å². The van der Waals surface area contributed by atoms with Gasteiger partial charge in [0.15, 0.2) is 0 Å². The number of hydrogen-bond acceptors (Lipinski definition) is 2. The predicted octanol–water partition coefficient (Wildman–Crippen LogP) is 3.92. The van der Waals surface area contributed by atoms with Gasteiger partial charge in [0.2, 0.25) is 0 Å². The molecule has 0 amide bonds. The number of aliphatic hydroxyl groups excluding tert-OH is 1. The molecule has 0 fully saturated rings. The molecular weight excluding hydrogens is 254 g/mol. The van der Waals surface area contributed by atoms with Gasteiger partial charge in [-0.3, -0.25) is 0 Å². The van der Waals surface area contributed by atoms with Crippen LogP contribution < -0.4 is 0 Å². The second-order valence-electron chi connectivity index (χ2n) is 3.92. The molecule has 0 saturated carbocycles. The number of rotatable bonds is 3. The molecule has 0 saturated heterocycles. The first-order valence-electron chi connectivity index (χ1n) is 5.43. The summed E-state index contributed by atoms with van der Waals surface area (Å²) in [7, 11) is 0. The SMILES string of the molecule is Cc1cc(F)ccc1Sc1ccc(F)cc1CO. The molecule has 1 N–H and O–H groups in total. The Kier molecular flexibility index (Phi) is 3.99. The minimum absolute atomic E-state index is 0.222. The number of benzene rings is 2. The monoisotopic (exact) mass is 266 g/mol. The van der Waals surface area contributed by atoms with Gasteiger partial charge in [-0.2, -0.15) is 0 Å². The van der Waals surface area contributed by atoms with Crippen molar-refractivity contribution in [2.45, 2.75) is 23.3 Å². The molecule has 18 heavy (non-hydrogen) atoms. The third kappa shape index (κ3) is 2.89. The van der Waals surface area contributed by atoms with Gasteiger partial charge in [-0.1, -0.05) is 11.8 Å². The van der Waals surface area contributed by atoms with E-state index < -0.39 is 0 Å². The normalized spacial score (nSPS) is 10.7. The molecule has 2 aromatic rings. The van der Waals surface area contributed by atoms with Crippen LogP contribution in [0.1, 0.15) is 11.1 Å². The van der Waals surface area contributed by atoms with Crippen molar-refractivity contribution in [1.82, 2.24) is 0 Å². The van der Waals surface area contributed by atoms with Crippen molar-refractivity contribution in [1.29, 1.82) is 0 Å². The zero-order chi connectivity index (χ0) is 13.1. The minimum atomic E-state index is -0.376. The van der Waals surface area contributed by atoms with E-state index in [1.165, 1.54) is 36.0 Å². The molecule has 2 aromatic carbocycles. The van der Waals surface area contributed by atoms with Gasteiger partial charge < -0.3 is 5.11 Å². The highest BCUT2D eigenvalue weighted by atomic mass is 32.2. The predicted molar refractivity (Wildman–Crippen MR) is 67.6 cm³/mol. The fourth-order valence-electron chi connectivity index (χ4n) is 1.62. The van der Waals surface area contributed by atoms with E-state index in [4.69, 9.17) is 0 Å². The molecule has 0 bridgehead atoms. The molecule has 94 valence electrons. The van der Waals surface area contributed by atoms with Gasteiger partial charge in [-0.25, -0.2) is 8.78 Å². The summed E-state index contributed by atoms with van der Waals surface area (Å²) in [5.41, 5.74) is 1.34. The first kappa shape index (κ1) is 13.1. The lowest BCUT2D eigenvalue weighted by molar-refractivity contribution is 0.278. The fraction of sp³-hybridized carbons (Fsp3) is 0.143. The Morgan fingerprint density at radius 1 is 1.00 bits per heavy atom. The van der Waals surface area contributed by atoms with Crippen molar-refractivity contribution in [3.05, 3.63) is 59.2 Å². The van der Waals surface area contributed by atoms with E-state index in [2.05, 4.69) is 0 Å². The van der Waals surface area contributed by atoms with E-state index in [1.54, 1.807) is 12.1 Å². The lowest BCUT2D eigenvalue weighted by atomic mass is 10.2. The molecule has 0 unspecified atom stereocenters. The Morgan fingerprint density at radius 3 is 2.22 bits per heavy atom. The summed E-state index contributed by atoms with van der Waals surface area (Å²) in [6, 6.07) is 8.79. The summed E-state index contributed by atoms with van der Waals surface area (Å²) in [5.74, 6) is -0.655. The summed E-state index contributed by atoms with van der Waals surface area (Å²) < 4.78 is 26.0. The Hall–Kier alpha value is -1.39. The summed E-state index contributed by atoms with van der Waals surface area (Å²) in [6.45, 7) is 1.59. The lowest BCUT2D eigenvalue weighted by Crippen LogP contribution is -1.90. The highest BCUT2D eigenvalue weighted by molar-refractivity contribution is 7.99. The highest BCUT2D eigenvalue weighted by Gasteiger charge is 2.07. The molecule has 2 rings (SSSR count). The molecule has 0 heterocycles. The van der Waals surface area contributed by atoms with E-state index in [9.17, 15) is 13.9 Å². The summed E-state index contributed by atoms with van der Waals surface area (Å²) in [5, 5.41) is 9.19. The second-order valence-corrected chi connectivity index (χ2v) is 5.01. The van der Waals surface area contributed by atoms with Crippen LogP contribution in [0.2, 0.25) is 0 Å². The van der Waals surface area contributed by atoms with Crippen LogP contribution in [0, 0.1) is 18.6 Å². The van der Waals surface area contributed by atoms with Gasteiger partial charge >= 0.3 is 0 Å². The topological polar surface area (TPSA) is 20.2 Å². The van der Waals surface area contributed by atoms with Gasteiger partial charge in [0.05, 0.1) is 6.61 Å². The molecule has 0 spiro atoms. The number of hydrogen-bond donors (Lipinski definition) is 1. The van der Waals surface area contributed by atoms with Crippen LogP contribution in [0.15, 0.2) is 46.2 Å². The summed E-state index contributed by atoms with van der Waals surface area (Å²) in [4.78, 5) is 1.66. The van der Waals surface area contributed by atoms with Crippen molar-refractivity contribution in [2.75, 3.05) is 0 Å². The first-order valence-corrected chi connectivity index (χ1v) is 6.25. The molecule has 4 heteroatoms. The van der Waals surface area contributed by atoms with E-state index in [1.807, 2.05) is 6.92 Å². The van der Waals surface area contributed by atoms with Crippen molar-refractivity contribution in [2.24, 2.45) is 0 Å². The molecular formula is C14H12F2OS. The zero-order valence-corrected chi connectivity index (χ0v) is 10.6. The maximum absolute atomic E-state index is 13.0. The Bertz CT molecular complexity index is 570. The third-order valence-electron chi connectivity index (χ3n) is 2.55. The van der Waals surface area contributed by atoms with Crippen LogP contribution in [-0.4, -0.2) is 5.11 Å². The molecule has 0 atom stereocenters. The lowest BCUT2D eigenvalue weighted by Gasteiger charge is -2.09. The maximum Gasteiger partial charge on any atom is 0.123 e. The number of aryl methyl sites for hydroxylation is 1. The minimum Gasteiger partial charge on any atom is -0.392 e. The zero-order valence-electron chi connectivity index (χ0n) is 9.78. The first-order chi connectivity index (χ1) is 8.60. The van der Waals surface area contributed by atoms with E-state index in [0.717, 1.165) is 15.4 Å². The van der Waals surface area contributed by atoms with E-state index >= 15 is 0 Å². The van der Waals surface area contributed by atoms with Gasteiger partial charge in [-0.05, 0) is 54.4 Å². The third-order valence-corrected chi connectivity index (χ3v) is 3.85. The van der Waals surface area contributed by atoms with E-state index in [0.29, 0.717) is 5.56 Å². The van der Waals surface area contributed by atoms with Gasteiger partial charge in [-0.15, -0.1) is 0 Å². The maximum atomic E-state index is 13.0. The smallest absolute Gasteiger partial charge is 0.123 e. The Balaban J connectivity index is 2.33. The average molecular weight is 266 g/mol. The van der Waals surface area contributed by atoms with Crippen LogP contribution in [0.5, 0.6) is 0 Å². The van der Waals surface area contributed by atoms with E-state index in [-0.39, 0.29) is 18.2 Å². The molecule has 1 nitrogen and oxygen atoms in total. The molecule has 0 radical (unpaired) electrons. The Labute approximate surface area is 108 Å². The van der Waals surface area contributed by atoms with Gasteiger partial charge in [0.1, 0.15) is 11.6 Å².